The van der Waals surface area contributed by atoms with Gasteiger partial charge >= 0.3 is 5.97 Å². The van der Waals surface area contributed by atoms with Gasteiger partial charge in [0, 0.05) is 5.69 Å². The molecule has 1 aromatic carbocycles. The minimum absolute atomic E-state index is 0.0514. The number of amides is 1. The summed E-state index contributed by atoms with van der Waals surface area (Å²) >= 11 is 0. The number of hydrogen-bond acceptors (Lipinski definition) is 5. The van der Waals surface area contributed by atoms with Crippen LogP contribution in [0.25, 0.3) is 0 Å². The van der Waals surface area contributed by atoms with Gasteiger partial charge in [-0.2, -0.15) is 0 Å². The van der Waals surface area contributed by atoms with Gasteiger partial charge < -0.3 is 9.64 Å². The fraction of sp³-hybridized carbons (Fsp3) is 0.556. The van der Waals surface area contributed by atoms with E-state index in [0.29, 0.717) is 12.1 Å². The normalized spacial score (nSPS) is 22.6. The molecule has 1 saturated carbocycles. The van der Waals surface area contributed by atoms with Crippen molar-refractivity contribution in [2.45, 2.75) is 38.1 Å². The lowest BCUT2D eigenvalue weighted by atomic mass is 10.1. The topological polar surface area (TPSA) is 80.8 Å². The molecule has 1 heterocycles. The summed E-state index contributed by atoms with van der Waals surface area (Å²) in [5, 5.41) is 0. The molecule has 0 N–H and O–H groups in total. The minimum atomic E-state index is -3.13. The summed E-state index contributed by atoms with van der Waals surface area (Å²) in [5.41, 5.74) is 0.631. The number of ether oxygens (including phenoxy) is 1. The van der Waals surface area contributed by atoms with E-state index in [1.165, 1.54) is 4.90 Å². The number of rotatable bonds is 5. The molecule has 1 atom stereocenters. The highest BCUT2D eigenvalue weighted by Crippen LogP contribution is 2.27. The Morgan fingerprint density at radius 3 is 2.36 bits per heavy atom. The van der Waals surface area contributed by atoms with Crippen LogP contribution in [0.3, 0.4) is 0 Å². The van der Waals surface area contributed by atoms with E-state index in [1.54, 1.807) is 24.3 Å². The summed E-state index contributed by atoms with van der Waals surface area (Å²) in [6.45, 7) is -0.346. The molecule has 0 spiro atoms. The molecule has 2 fully saturated rings. The monoisotopic (exact) mass is 365 g/mol. The first-order chi connectivity index (χ1) is 12.0. The summed E-state index contributed by atoms with van der Waals surface area (Å²) in [5.74, 6) is -0.775. The molecule has 1 saturated heterocycles. The Hall–Kier alpha value is -1.89. The maximum absolute atomic E-state index is 12.7. The fourth-order valence-corrected chi connectivity index (χ4v) is 5.31. The maximum Gasteiger partial charge on any atom is 0.309 e. The lowest BCUT2D eigenvalue weighted by Crippen LogP contribution is -2.43. The molecule has 1 aromatic rings. The first-order valence-electron chi connectivity index (χ1n) is 8.70. The van der Waals surface area contributed by atoms with Gasteiger partial charge in [0.25, 0.3) is 5.91 Å². The van der Waals surface area contributed by atoms with Gasteiger partial charge in [0.05, 0.1) is 23.5 Å². The molecule has 0 aromatic heterocycles. The van der Waals surface area contributed by atoms with Gasteiger partial charge in [-0.1, -0.05) is 31.0 Å². The van der Waals surface area contributed by atoms with E-state index in [2.05, 4.69) is 0 Å². The average molecular weight is 365 g/mol. The molecule has 2 aliphatic rings. The van der Waals surface area contributed by atoms with Gasteiger partial charge in [-0.25, -0.2) is 8.42 Å². The largest absolute Gasteiger partial charge is 0.455 e. The summed E-state index contributed by atoms with van der Waals surface area (Å²) in [7, 11) is -3.13. The first-order valence-corrected chi connectivity index (χ1v) is 10.5. The van der Waals surface area contributed by atoms with E-state index >= 15 is 0 Å². The van der Waals surface area contributed by atoms with Crippen LogP contribution in [0.4, 0.5) is 5.69 Å². The number of anilines is 1. The van der Waals surface area contributed by atoms with Gasteiger partial charge in [-0.05, 0) is 31.4 Å². The Labute approximate surface area is 148 Å². The summed E-state index contributed by atoms with van der Waals surface area (Å²) in [4.78, 5) is 26.2. The number of carbonyl (C=O) groups is 2. The number of hydrogen-bond donors (Lipinski definition) is 0. The second kappa shape index (κ2) is 7.56. The van der Waals surface area contributed by atoms with Gasteiger partial charge in [0.2, 0.25) is 0 Å². The second-order valence-electron chi connectivity index (χ2n) is 6.75. The van der Waals surface area contributed by atoms with E-state index in [1.807, 2.05) is 6.07 Å². The molecular formula is C18H23NO5S. The van der Waals surface area contributed by atoms with Crippen molar-refractivity contribution < 1.29 is 22.7 Å². The van der Waals surface area contributed by atoms with Gasteiger partial charge in [-0.15, -0.1) is 0 Å². The lowest BCUT2D eigenvalue weighted by molar-refractivity contribution is -0.151. The van der Waals surface area contributed by atoms with Crippen molar-refractivity contribution in [1.82, 2.24) is 0 Å². The number of para-hydroxylation sites is 1. The Bertz CT molecular complexity index is 725. The molecule has 1 aliphatic heterocycles. The molecule has 1 aliphatic carbocycles. The van der Waals surface area contributed by atoms with Crippen molar-refractivity contribution >= 4 is 27.4 Å². The molecular weight excluding hydrogens is 342 g/mol. The average Bonchev–Trinajstić information content (AvgIpc) is 3.24. The summed E-state index contributed by atoms with van der Waals surface area (Å²) in [6.07, 6.45) is 4.07. The number of sulfone groups is 1. The van der Waals surface area contributed by atoms with Crippen molar-refractivity contribution in [2.24, 2.45) is 5.92 Å². The Morgan fingerprint density at radius 1 is 1.08 bits per heavy atom. The lowest BCUT2D eigenvalue weighted by Gasteiger charge is -2.28. The highest BCUT2D eigenvalue weighted by atomic mass is 32.2. The Morgan fingerprint density at radius 2 is 1.76 bits per heavy atom. The van der Waals surface area contributed by atoms with Crippen LogP contribution in [0.15, 0.2) is 30.3 Å². The van der Waals surface area contributed by atoms with Crippen LogP contribution in [0.1, 0.15) is 32.1 Å². The van der Waals surface area contributed by atoms with E-state index in [-0.39, 0.29) is 35.9 Å². The highest BCUT2D eigenvalue weighted by Gasteiger charge is 2.36. The third-order valence-corrected chi connectivity index (χ3v) is 6.65. The minimum Gasteiger partial charge on any atom is -0.455 e. The third-order valence-electron chi connectivity index (χ3n) is 4.90. The fourth-order valence-electron chi connectivity index (χ4n) is 3.61. The zero-order chi connectivity index (χ0) is 17.9. The number of nitrogens with zero attached hydrogens (tertiary/aromatic N) is 1. The Kier molecular flexibility index (Phi) is 5.42. The molecule has 0 unspecified atom stereocenters. The van der Waals surface area contributed by atoms with Gasteiger partial charge in [0.1, 0.15) is 0 Å². The van der Waals surface area contributed by atoms with Crippen LogP contribution in [0.5, 0.6) is 0 Å². The maximum atomic E-state index is 12.7. The van der Waals surface area contributed by atoms with Gasteiger partial charge in [0.15, 0.2) is 16.4 Å². The van der Waals surface area contributed by atoms with Crippen molar-refractivity contribution in [3.63, 3.8) is 0 Å². The molecule has 3 rings (SSSR count). The van der Waals surface area contributed by atoms with Crippen LogP contribution >= 0.6 is 0 Å². The quantitative estimate of drug-likeness (QED) is 0.745. The van der Waals surface area contributed by atoms with E-state index in [4.69, 9.17) is 4.74 Å². The van der Waals surface area contributed by atoms with Gasteiger partial charge in [-0.3, -0.25) is 9.59 Å². The molecule has 1 amide bonds. The smallest absolute Gasteiger partial charge is 0.309 e. The molecule has 0 bridgehead atoms. The third kappa shape index (κ3) is 4.39. The van der Waals surface area contributed by atoms with Crippen LogP contribution in [0, 0.1) is 5.92 Å². The Balaban J connectivity index is 1.70. The van der Waals surface area contributed by atoms with Crippen molar-refractivity contribution in [1.29, 1.82) is 0 Å². The number of carbonyl (C=O) groups excluding carboxylic acids is 2. The van der Waals surface area contributed by atoms with Crippen molar-refractivity contribution in [3.05, 3.63) is 30.3 Å². The molecule has 0 radical (unpaired) electrons. The SMILES string of the molecule is O=C(OCC(=O)N(c1ccccc1)[C@@H]1CCS(=O)(=O)C1)C1CCCC1. The van der Waals surface area contributed by atoms with E-state index < -0.39 is 15.9 Å². The molecule has 7 heteroatoms. The summed E-state index contributed by atoms with van der Waals surface area (Å²) < 4.78 is 28.9. The zero-order valence-electron chi connectivity index (χ0n) is 14.1. The standard InChI is InChI=1S/C18H23NO5S/c20-17(12-24-18(21)14-6-4-5-7-14)19(15-8-2-1-3-9-15)16-10-11-25(22,23)13-16/h1-3,8-9,14,16H,4-7,10-13H2/t16-/m1/s1. The molecule has 136 valence electrons. The van der Waals surface area contributed by atoms with Crippen LogP contribution < -0.4 is 4.90 Å². The molecule has 6 nitrogen and oxygen atoms in total. The first kappa shape index (κ1) is 17.9. The van der Waals surface area contributed by atoms with E-state index in [0.717, 1.165) is 25.7 Å². The van der Waals surface area contributed by atoms with Crippen LogP contribution in [-0.2, 0) is 24.2 Å². The van der Waals surface area contributed by atoms with Crippen LogP contribution in [0.2, 0.25) is 0 Å². The second-order valence-corrected chi connectivity index (χ2v) is 8.97. The predicted molar refractivity (Wildman–Crippen MR) is 93.9 cm³/mol. The van der Waals surface area contributed by atoms with Crippen LogP contribution in [-0.4, -0.2) is 44.4 Å². The van der Waals surface area contributed by atoms with Crippen molar-refractivity contribution in [3.8, 4) is 0 Å². The number of esters is 1. The van der Waals surface area contributed by atoms with Crippen molar-refractivity contribution in [2.75, 3.05) is 23.0 Å². The highest BCUT2D eigenvalue weighted by molar-refractivity contribution is 7.91. The van der Waals surface area contributed by atoms with E-state index in [9.17, 15) is 18.0 Å². The number of benzene rings is 1. The zero-order valence-corrected chi connectivity index (χ0v) is 14.9. The predicted octanol–water partition coefficient (Wildman–Crippen LogP) is 1.94. The molecule has 25 heavy (non-hydrogen) atoms. The summed E-state index contributed by atoms with van der Waals surface area (Å²) in [6, 6.07) is 8.54.